The number of nitrogens with one attached hydrogen (secondary N) is 1. The molecule has 1 heterocycles. The van der Waals surface area contributed by atoms with E-state index in [9.17, 15) is 9.59 Å². The third-order valence-electron chi connectivity index (χ3n) is 3.94. The first kappa shape index (κ1) is 15.5. The van der Waals surface area contributed by atoms with Crippen LogP contribution in [0.15, 0.2) is 24.3 Å². The lowest BCUT2D eigenvalue weighted by molar-refractivity contribution is -0.134. The smallest absolute Gasteiger partial charge is 0.245 e. The molecule has 1 unspecified atom stereocenters. The van der Waals surface area contributed by atoms with Crippen molar-refractivity contribution in [2.45, 2.75) is 52.1 Å². The van der Waals surface area contributed by atoms with Crippen molar-refractivity contribution >= 4 is 11.8 Å². The molecular weight excluding hydrogens is 264 g/mol. The van der Waals surface area contributed by atoms with E-state index >= 15 is 0 Å². The number of hydrogen-bond donors (Lipinski definition) is 1. The zero-order chi connectivity index (χ0) is 15.2. The summed E-state index contributed by atoms with van der Waals surface area (Å²) in [5, 5.41) is 2.83. The Morgan fingerprint density at radius 1 is 1.14 bits per heavy atom. The Labute approximate surface area is 126 Å². The maximum atomic E-state index is 12.5. The van der Waals surface area contributed by atoms with Crippen LogP contribution in [0.3, 0.4) is 0 Å². The molecule has 0 spiro atoms. The summed E-state index contributed by atoms with van der Waals surface area (Å²) in [6.45, 7) is 5.23. The van der Waals surface area contributed by atoms with Crippen LogP contribution in [0.4, 0.5) is 0 Å². The Hall–Kier alpha value is -1.84. The molecule has 1 atom stereocenters. The van der Waals surface area contributed by atoms with E-state index in [2.05, 4.69) is 36.5 Å². The van der Waals surface area contributed by atoms with E-state index in [-0.39, 0.29) is 17.9 Å². The van der Waals surface area contributed by atoms with Crippen molar-refractivity contribution in [3.8, 4) is 0 Å². The van der Waals surface area contributed by atoms with Gasteiger partial charge in [-0.25, -0.2) is 0 Å². The molecule has 1 aliphatic heterocycles. The van der Waals surface area contributed by atoms with Gasteiger partial charge in [-0.05, 0) is 24.0 Å². The van der Waals surface area contributed by atoms with Gasteiger partial charge >= 0.3 is 0 Å². The molecule has 4 nitrogen and oxygen atoms in total. The Morgan fingerprint density at radius 2 is 1.81 bits per heavy atom. The van der Waals surface area contributed by atoms with Gasteiger partial charge in [0, 0.05) is 19.5 Å². The third-order valence-corrected chi connectivity index (χ3v) is 3.94. The SMILES string of the molecule is CCCC1NC(=O)CCN(Cc2ccc(CC)cc2)C1=O. The topological polar surface area (TPSA) is 49.4 Å². The van der Waals surface area contributed by atoms with E-state index in [0.29, 0.717) is 25.9 Å². The fourth-order valence-electron chi connectivity index (χ4n) is 2.64. The molecule has 4 heteroatoms. The van der Waals surface area contributed by atoms with E-state index in [1.165, 1.54) is 5.56 Å². The summed E-state index contributed by atoms with van der Waals surface area (Å²) in [7, 11) is 0. The van der Waals surface area contributed by atoms with Crippen molar-refractivity contribution in [3.63, 3.8) is 0 Å². The van der Waals surface area contributed by atoms with Gasteiger partial charge in [0.15, 0.2) is 0 Å². The summed E-state index contributed by atoms with van der Waals surface area (Å²) in [4.78, 5) is 26.0. The van der Waals surface area contributed by atoms with Crippen molar-refractivity contribution in [2.24, 2.45) is 0 Å². The molecule has 1 N–H and O–H groups in total. The van der Waals surface area contributed by atoms with Crippen molar-refractivity contribution in [3.05, 3.63) is 35.4 Å². The van der Waals surface area contributed by atoms with E-state index in [1.54, 1.807) is 4.90 Å². The van der Waals surface area contributed by atoms with E-state index < -0.39 is 0 Å². The van der Waals surface area contributed by atoms with Gasteiger partial charge in [-0.15, -0.1) is 0 Å². The molecule has 0 aliphatic carbocycles. The zero-order valence-electron chi connectivity index (χ0n) is 12.9. The number of aryl methyl sites for hydroxylation is 1. The minimum Gasteiger partial charge on any atom is -0.344 e. The molecule has 2 amide bonds. The van der Waals surface area contributed by atoms with Crippen LogP contribution in [-0.2, 0) is 22.6 Å². The monoisotopic (exact) mass is 288 g/mol. The quantitative estimate of drug-likeness (QED) is 0.903. The highest BCUT2D eigenvalue weighted by Crippen LogP contribution is 2.13. The molecule has 0 bridgehead atoms. The number of amides is 2. The maximum absolute atomic E-state index is 12.5. The highest BCUT2D eigenvalue weighted by Gasteiger charge is 2.28. The van der Waals surface area contributed by atoms with Crippen molar-refractivity contribution in [2.75, 3.05) is 6.54 Å². The van der Waals surface area contributed by atoms with Crippen LogP contribution < -0.4 is 5.32 Å². The molecule has 114 valence electrons. The normalized spacial score (nSPS) is 19.3. The van der Waals surface area contributed by atoms with Crippen LogP contribution in [0.1, 0.15) is 44.2 Å². The van der Waals surface area contributed by atoms with E-state index in [4.69, 9.17) is 0 Å². The van der Waals surface area contributed by atoms with Crippen LogP contribution >= 0.6 is 0 Å². The van der Waals surface area contributed by atoms with Crippen molar-refractivity contribution in [1.82, 2.24) is 10.2 Å². The van der Waals surface area contributed by atoms with Gasteiger partial charge in [0.2, 0.25) is 11.8 Å². The van der Waals surface area contributed by atoms with Crippen LogP contribution in [0.5, 0.6) is 0 Å². The number of benzene rings is 1. The van der Waals surface area contributed by atoms with E-state index in [1.807, 2.05) is 6.92 Å². The molecule has 1 aromatic carbocycles. The Balaban J connectivity index is 2.08. The highest BCUT2D eigenvalue weighted by molar-refractivity contribution is 5.89. The molecular formula is C17H24N2O2. The van der Waals surface area contributed by atoms with Gasteiger partial charge in [0.1, 0.15) is 6.04 Å². The number of hydrogen-bond acceptors (Lipinski definition) is 2. The van der Waals surface area contributed by atoms with Gasteiger partial charge in [0.05, 0.1) is 0 Å². The predicted molar refractivity (Wildman–Crippen MR) is 82.7 cm³/mol. The average Bonchev–Trinajstić information content (AvgIpc) is 2.62. The van der Waals surface area contributed by atoms with Gasteiger partial charge in [-0.3, -0.25) is 9.59 Å². The van der Waals surface area contributed by atoms with Gasteiger partial charge in [-0.1, -0.05) is 44.5 Å². The number of rotatable bonds is 5. The summed E-state index contributed by atoms with van der Waals surface area (Å²) < 4.78 is 0. The Morgan fingerprint density at radius 3 is 2.43 bits per heavy atom. The second kappa shape index (κ2) is 7.25. The fraction of sp³-hybridized carbons (Fsp3) is 0.529. The molecule has 21 heavy (non-hydrogen) atoms. The number of carbonyl (C=O) groups is 2. The lowest BCUT2D eigenvalue weighted by Crippen LogP contribution is -2.44. The van der Waals surface area contributed by atoms with Crippen molar-refractivity contribution in [1.29, 1.82) is 0 Å². The molecule has 0 radical (unpaired) electrons. The second-order valence-corrected chi connectivity index (χ2v) is 5.59. The molecule has 2 rings (SSSR count). The molecule has 1 saturated heterocycles. The minimum absolute atomic E-state index is 0.0226. The highest BCUT2D eigenvalue weighted by atomic mass is 16.2. The molecule has 1 fully saturated rings. The number of carbonyl (C=O) groups excluding carboxylic acids is 2. The van der Waals surface area contributed by atoms with Crippen LogP contribution in [0.2, 0.25) is 0 Å². The van der Waals surface area contributed by atoms with Crippen LogP contribution in [0, 0.1) is 0 Å². The van der Waals surface area contributed by atoms with E-state index in [0.717, 1.165) is 18.4 Å². The standard InChI is InChI=1S/C17H24N2O2/c1-3-5-15-17(21)19(11-10-16(20)18-15)12-14-8-6-13(4-2)7-9-14/h6-9,15H,3-5,10-12H2,1-2H3,(H,18,20). The van der Waals surface area contributed by atoms with Gasteiger partial charge < -0.3 is 10.2 Å². The molecule has 1 aromatic rings. The van der Waals surface area contributed by atoms with Gasteiger partial charge in [0.25, 0.3) is 0 Å². The first-order valence-electron chi connectivity index (χ1n) is 7.80. The molecule has 0 aromatic heterocycles. The number of nitrogens with zero attached hydrogens (tertiary/aromatic N) is 1. The molecule has 0 saturated carbocycles. The summed E-state index contributed by atoms with van der Waals surface area (Å²) in [5.74, 6) is 0.0212. The average molecular weight is 288 g/mol. The largest absolute Gasteiger partial charge is 0.344 e. The Kier molecular flexibility index (Phi) is 5.37. The summed E-state index contributed by atoms with van der Waals surface area (Å²) in [6.07, 6.45) is 2.99. The first-order chi connectivity index (χ1) is 10.1. The lowest BCUT2D eigenvalue weighted by atomic mass is 10.1. The summed E-state index contributed by atoms with van der Waals surface area (Å²) in [6, 6.07) is 7.98. The minimum atomic E-state index is -0.361. The van der Waals surface area contributed by atoms with Gasteiger partial charge in [-0.2, -0.15) is 0 Å². The Bertz CT molecular complexity index is 496. The first-order valence-corrected chi connectivity index (χ1v) is 7.80. The lowest BCUT2D eigenvalue weighted by Gasteiger charge is -2.24. The maximum Gasteiger partial charge on any atom is 0.245 e. The van der Waals surface area contributed by atoms with Crippen molar-refractivity contribution < 1.29 is 9.59 Å². The summed E-state index contributed by atoms with van der Waals surface area (Å²) in [5.41, 5.74) is 2.41. The van der Waals surface area contributed by atoms with Crippen LogP contribution in [-0.4, -0.2) is 29.3 Å². The predicted octanol–water partition coefficient (Wildman–Crippen LogP) is 2.27. The second-order valence-electron chi connectivity index (χ2n) is 5.59. The molecule has 1 aliphatic rings. The van der Waals surface area contributed by atoms with Crippen LogP contribution in [0.25, 0.3) is 0 Å². The zero-order valence-corrected chi connectivity index (χ0v) is 12.9. The fourth-order valence-corrected chi connectivity index (χ4v) is 2.64. The third kappa shape index (κ3) is 4.06. The summed E-state index contributed by atoms with van der Waals surface area (Å²) >= 11 is 0.